The Morgan fingerprint density at radius 3 is 1.33 bits per heavy atom. The molecule has 0 atom stereocenters. The van der Waals surface area contributed by atoms with E-state index in [0.29, 0.717) is 0 Å². The smallest absolute Gasteiger partial charge is 0.309 e. The SMILES string of the molecule is NC(N)=O.NCl. The van der Waals surface area contributed by atoms with E-state index < -0.39 is 6.03 Å². The number of rotatable bonds is 0. The fraction of sp³-hybridized carbons (Fsp3) is 0. The van der Waals surface area contributed by atoms with Gasteiger partial charge >= 0.3 is 6.03 Å². The third-order valence-corrected chi connectivity index (χ3v) is 0. The van der Waals surface area contributed by atoms with Crippen molar-refractivity contribution in [1.29, 1.82) is 0 Å². The Morgan fingerprint density at radius 1 is 1.33 bits per heavy atom. The van der Waals surface area contributed by atoms with Crippen LogP contribution in [0.1, 0.15) is 0 Å². The zero-order valence-corrected chi connectivity index (χ0v) is 3.77. The van der Waals surface area contributed by atoms with Gasteiger partial charge in [0.15, 0.2) is 0 Å². The van der Waals surface area contributed by atoms with Crippen LogP contribution in [0.25, 0.3) is 0 Å². The van der Waals surface area contributed by atoms with Crippen LogP contribution in [0.15, 0.2) is 0 Å². The van der Waals surface area contributed by atoms with Gasteiger partial charge in [0.25, 0.3) is 0 Å². The number of amides is 2. The molecule has 0 saturated heterocycles. The Morgan fingerprint density at radius 2 is 1.33 bits per heavy atom. The van der Waals surface area contributed by atoms with Crippen molar-refractivity contribution in [3.63, 3.8) is 0 Å². The molecular formula is CH6ClN3O. The summed E-state index contributed by atoms with van der Waals surface area (Å²) >= 11 is 4.14. The summed E-state index contributed by atoms with van der Waals surface area (Å²) in [6.07, 6.45) is 0. The molecule has 0 aromatic heterocycles. The zero-order chi connectivity index (χ0) is 5.58. The summed E-state index contributed by atoms with van der Waals surface area (Å²) in [4.78, 5) is 9.00. The molecule has 4 nitrogen and oxygen atoms in total. The van der Waals surface area contributed by atoms with E-state index in [9.17, 15) is 0 Å². The van der Waals surface area contributed by atoms with Crippen molar-refractivity contribution in [2.75, 3.05) is 0 Å². The molecule has 0 aliphatic rings. The Kier molecular flexibility index (Phi) is 13.4. The number of hydrogen-bond donors (Lipinski definition) is 3. The van der Waals surface area contributed by atoms with Crippen molar-refractivity contribution in [2.24, 2.45) is 16.7 Å². The van der Waals surface area contributed by atoms with Gasteiger partial charge in [0.05, 0.1) is 0 Å². The van der Waals surface area contributed by atoms with Gasteiger partial charge in [-0.1, -0.05) is 0 Å². The molecule has 5 heteroatoms. The van der Waals surface area contributed by atoms with Crippen molar-refractivity contribution in [3.8, 4) is 0 Å². The van der Waals surface area contributed by atoms with E-state index in [2.05, 4.69) is 28.5 Å². The predicted octanol–water partition coefficient (Wildman–Crippen LogP) is -0.877. The molecule has 0 heterocycles. The van der Waals surface area contributed by atoms with Gasteiger partial charge in [-0.25, -0.2) is 10.0 Å². The number of carbonyl (C=O) groups excluding carboxylic acids is 1. The van der Waals surface area contributed by atoms with Crippen LogP contribution >= 0.6 is 11.8 Å². The molecule has 2 amide bonds. The first-order valence-corrected chi connectivity index (χ1v) is 1.44. The van der Waals surface area contributed by atoms with Crippen molar-refractivity contribution < 1.29 is 4.79 Å². The van der Waals surface area contributed by atoms with Gasteiger partial charge in [-0.2, -0.15) is 0 Å². The molecule has 6 N–H and O–H groups in total. The van der Waals surface area contributed by atoms with E-state index in [1.54, 1.807) is 0 Å². The van der Waals surface area contributed by atoms with Gasteiger partial charge in [0, 0.05) is 0 Å². The molecule has 0 unspecified atom stereocenters. The summed E-state index contributed by atoms with van der Waals surface area (Å²) in [5, 5.41) is 3.97. The first kappa shape index (κ1) is 9.10. The second-order valence-corrected chi connectivity index (χ2v) is 0.402. The third kappa shape index (κ3) is 97.0. The molecule has 0 saturated carbocycles. The van der Waals surface area contributed by atoms with Gasteiger partial charge in [-0.3, -0.25) is 0 Å². The van der Waals surface area contributed by atoms with Crippen LogP contribution < -0.4 is 16.7 Å². The average molecular weight is 112 g/mol. The Labute approximate surface area is 40.3 Å². The van der Waals surface area contributed by atoms with Crippen LogP contribution in [0.5, 0.6) is 0 Å². The van der Waals surface area contributed by atoms with E-state index in [1.807, 2.05) is 0 Å². The van der Waals surface area contributed by atoms with Crippen molar-refractivity contribution >= 4 is 17.8 Å². The van der Waals surface area contributed by atoms with Gasteiger partial charge in [-0.15, -0.1) is 0 Å². The fourth-order valence-corrected chi connectivity index (χ4v) is 0. The Hall–Kier alpha value is -0.480. The maximum Gasteiger partial charge on any atom is 0.309 e. The predicted molar refractivity (Wildman–Crippen MR) is 23.8 cm³/mol. The highest BCUT2D eigenvalue weighted by Gasteiger charge is 1.60. The first-order chi connectivity index (χ1) is 2.73. The highest BCUT2D eigenvalue weighted by molar-refractivity contribution is 6.11. The lowest BCUT2D eigenvalue weighted by molar-refractivity contribution is 0.256. The van der Waals surface area contributed by atoms with E-state index in [1.165, 1.54) is 0 Å². The first-order valence-electron chi connectivity index (χ1n) is 1.000. The molecule has 0 radical (unpaired) electrons. The number of urea groups is 1. The minimum absolute atomic E-state index is 0.833. The summed E-state index contributed by atoms with van der Waals surface area (Å²) in [6, 6.07) is -0.833. The third-order valence-electron chi connectivity index (χ3n) is 0. The maximum absolute atomic E-state index is 9.00. The Balaban J connectivity index is 0. The standard InChI is InChI=1S/CH4N2O.ClH2N/c2-1(3)4;1-2/h(H4,2,3,4);2H2. The summed E-state index contributed by atoms with van der Waals surface area (Å²) in [7, 11) is 0. The van der Waals surface area contributed by atoms with Crippen molar-refractivity contribution in [2.45, 2.75) is 0 Å². The number of hydrogen-bond acceptors (Lipinski definition) is 2. The van der Waals surface area contributed by atoms with Crippen LogP contribution in [0.4, 0.5) is 4.79 Å². The highest BCUT2D eigenvalue weighted by Crippen LogP contribution is 1.25. The Bertz CT molecular complexity index is 33.8. The molecular weight excluding hydrogens is 105 g/mol. The van der Waals surface area contributed by atoms with Crippen LogP contribution in [-0.2, 0) is 0 Å². The number of primary amides is 2. The average Bonchev–Trinajstić information content (AvgIpc) is 1.41. The molecule has 0 spiro atoms. The number of halogens is 1. The second kappa shape index (κ2) is 8.82. The molecule has 0 aromatic carbocycles. The van der Waals surface area contributed by atoms with E-state index in [-0.39, 0.29) is 0 Å². The molecule has 6 heavy (non-hydrogen) atoms. The van der Waals surface area contributed by atoms with Gasteiger partial charge in [0.2, 0.25) is 0 Å². The highest BCUT2D eigenvalue weighted by atomic mass is 35.5. The van der Waals surface area contributed by atoms with E-state index in [4.69, 9.17) is 4.79 Å². The minimum Gasteiger partial charge on any atom is -0.352 e. The van der Waals surface area contributed by atoms with Crippen molar-refractivity contribution in [3.05, 3.63) is 0 Å². The normalized spacial score (nSPS) is 5.00. The fourth-order valence-electron chi connectivity index (χ4n) is 0. The monoisotopic (exact) mass is 111 g/mol. The van der Waals surface area contributed by atoms with Gasteiger partial charge < -0.3 is 11.5 Å². The number of carbonyl (C=O) groups is 1. The van der Waals surface area contributed by atoms with Gasteiger partial charge in [0.1, 0.15) is 0 Å². The molecule has 0 aliphatic carbocycles. The van der Waals surface area contributed by atoms with Crippen LogP contribution in [0.2, 0.25) is 0 Å². The van der Waals surface area contributed by atoms with Crippen LogP contribution in [0, 0.1) is 0 Å². The van der Waals surface area contributed by atoms with E-state index in [0.717, 1.165) is 0 Å². The molecule has 38 valence electrons. The zero-order valence-electron chi connectivity index (χ0n) is 3.02. The second-order valence-electron chi connectivity index (χ2n) is 0.402. The molecule has 0 rings (SSSR count). The topological polar surface area (TPSA) is 95.1 Å². The molecule has 0 fully saturated rings. The summed E-state index contributed by atoms with van der Waals surface area (Å²) < 4.78 is 0. The minimum atomic E-state index is -0.833. The largest absolute Gasteiger partial charge is 0.352 e. The lowest BCUT2D eigenvalue weighted by atomic mass is 11.2. The van der Waals surface area contributed by atoms with Crippen LogP contribution in [-0.4, -0.2) is 6.03 Å². The number of nitrogens with two attached hydrogens (primary N) is 3. The lowest BCUT2D eigenvalue weighted by Gasteiger charge is -1.62. The summed E-state index contributed by atoms with van der Waals surface area (Å²) in [5.74, 6) is 0. The molecule has 0 aromatic rings. The quantitative estimate of drug-likeness (QED) is 0.354. The summed E-state index contributed by atoms with van der Waals surface area (Å²) in [5.41, 5.74) is 8.50. The van der Waals surface area contributed by atoms with Crippen molar-refractivity contribution in [1.82, 2.24) is 0 Å². The molecule has 0 aliphatic heterocycles. The summed E-state index contributed by atoms with van der Waals surface area (Å²) in [6.45, 7) is 0. The van der Waals surface area contributed by atoms with Crippen LogP contribution in [0.3, 0.4) is 0 Å². The van der Waals surface area contributed by atoms with E-state index >= 15 is 0 Å². The maximum atomic E-state index is 9.00. The van der Waals surface area contributed by atoms with Gasteiger partial charge in [-0.05, 0) is 11.8 Å². The molecule has 0 bridgehead atoms. The lowest BCUT2D eigenvalue weighted by Crippen LogP contribution is -2.18.